The molecular formula is C21H22FNO3S. The van der Waals surface area contributed by atoms with Crippen molar-refractivity contribution in [2.75, 3.05) is 12.4 Å². The molecule has 0 spiro atoms. The number of ether oxygens (including phenoxy) is 1. The molecule has 0 aliphatic heterocycles. The summed E-state index contributed by atoms with van der Waals surface area (Å²) >= 11 is 1.46. The fourth-order valence-electron chi connectivity index (χ4n) is 3.22. The summed E-state index contributed by atoms with van der Waals surface area (Å²) in [5, 5.41) is 3.37. The lowest BCUT2D eigenvalue weighted by molar-refractivity contribution is -0.111. The first-order valence-corrected chi connectivity index (χ1v) is 9.87. The monoisotopic (exact) mass is 387 g/mol. The highest BCUT2D eigenvalue weighted by Gasteiger charge is 2.25. The molecule has 1 aromatic carbocycles. The molecule has 1 N–H and O–H groups in total. The third-order valence-electron chi connectivity index (χ3n) is 4.59. The first kappa shape index (κ1) is 19.3. The van der Waals surface area contributed by atoms with E-state index < -0.39 is 5.97 Å². The van der Waals surface area contributed by atoms with Gasteiger partial charge in [0.2, 0.25) is 5.91 Å². The lowest BCUT2D eigenvalue weighted by Gasteiger charge is -2.10. The third kappa shape index (κ3) is 4.83. The van der Waals surface area contributed by atoms with Gasteiger partial charge in [0.05, 0.1) is 12.7 Å². The van der Waals surface area contributed by atoms with E-state index in [1.807, 2.05) is 0 Å². The second-order valence-corrected chi connectivity index (χ2v) is 7.59. The Morgan fingerprint density at radius 1 is 1.11 bits per heavy atom. The highest BCUT2D eigenvalue weighted by molar-refractivity contribution is 7.17. The number of amides is 1. The Hall–Kier alpha value is -2.47. The molecule has 0 saturated carbocycles. The maximum atomic E-state index is 13.0. The molecule has 0 fully saturated rings. The van der Waals surface area contributed by atoms with Gasteiger partial charge in [-0.2, -0.15) is 0 Å². The minimum atomic E-state index is -0.411. The number of halogens is 1. The van der Waals surface area contributed by atoms with E-state index in [0.717, 1.165) is 48.1 Å². The Labute approximate surface area is 162 Å². The molecule has 0 atom stereocenters. The normalized spacial score (nSPS) is 14.3. The smallest absolute Gasteiger partial charge is 0.341 e. The van der Waals surface area contributed by atoms with Crippen LogP contribution >= 0.6 is 11.3 Å². The van der Waals surface area contributed by atoms with Crippen LogP contribution in [0.1, 0.15) is 52.0 Å². The summed E-state index contributed by atoms with van der Waals surface area (Å²) in [6.07, 6.45) is 9.20. The fourth-order valence-corrected chi connectivity index (χ4v) is 4.51. The summed E-state index contributed by atoms with van der Waals surface area (Å²) in [5.41, 5.74) is 2.23. The Morgan fingerprint density at radius 3 is 2.52 bits per heavy atom. The second-order valence-electron chi connectivity index (χ2n) is 6.49. The van der Waals surface area contributed by atoms with Crippen LogP contribution in [0.2, 0.25) is 0 Å². The van der Waals surface area contributed by atoms with E-state index >= 15 is 0 Å². The van der Waals surface area contributed by atoms with Gasteiger partial charge in [0, 0.05) is 11.0 Å². The number of anilines is 1. The van der Waals surface area contributed by atoms with Gasteiger partial charge in [-0.25, -0.2) is 9.18 Å². The number of carbonyl (C=O) groups is 2. The van der Waals surface area contributed by atoms with E-state index in [1.54, 1.807) is 18.2 Å². The van der Waals surface area contributed by atoms with Gasteiger partial charge in [0.25, 0.3) is 0 Å². The maximum Gasteiger partial charge on any atom is 0.341 e. The highest BCUT2D eigenvalue weighted by atomic mass is 32.1. The summed E-state index contributed by atoms with van der Waals surface area (Å²) in [4.78, 5) is 25.8. The van der Waals surface area contributed by atoms with Crippen molar-refractivity contribution in [3.05, 3.63) is 57.7 Å². The molecule has 0 saturated heterocycles. The third-order valence-corrected chi connectivity index (χ3v) is 5.80. The minimum Gasteiger partial charge on any atom is -0.465 e. The van der Waals surface area contributed by atoms with Crippen LogP contribution in [0.25, 0.3) is 6.08 Å². The number of benzene rings is 1. The van der Waals surface area contributed by atoms with E-state index in [9.17, 15) is 14.0 Å². The molecule has 4 nitrogen and oxygen atoms in total. The number of esters is 1. The Kier molecular flexibility index (Phi) is 6.40. The van der Waals surface area contributed by atoms with Crippen LogP contribution in [0.3, 0.4) is 0 Å². The molecule has 1 amide bonds. The van der Waals surface area contributed by atoms with Crippen LogP contribution in [0, 0.1) is 5.82 Å². The van der Waals surface area contributed by atoms with Gasteiger partial charge in [0.15, 0.2) is 0 Å². The van der Waals surface area contributed by atoms with Crippen LogP contribution < -0.4 is 5.32 Å². The molecule has 6 heteroatoms. The topological polar surface area (TPSA) is 55.4 Å². The standard InChI is InChI=1S/C21H22FNO3S/c1-26-21(25)19-16-6-4-2-3-5-7-17(16)27-20(19)23-18(24)13-10-14-8-11-15(22)12-9-14/h8-13H,2-7H2,1H3,(H,23,24)/b13-10-. The number of hydrogen-bond acceptors (Lipinski definition) is 4. The second kappa shape index (κ2) is 8.95. The molecule has 3 rings (SSSR count). The molecule has 0 radical (unpaired) electrons. The van der Waals surface area contributed by atoms with Gasteiger partial charge in [0.1, 0.15) is 10.8 Å². The van der Waals surface area contributed by atoms with Crippen molar-refractivity contribution in [1.82, 2.24) is 0 Å². The van der Waals surface area contributed by atoms with E-state index in [-0.39, 0.29) is 11.7 Å². The molecule has 27 heavy (non-hydrogen) atoms. The number of thiophene rings is 1. The molecule has 2 aromatic rings. The molecule has 1 aliphatic rings. The lowest BCUT2D eigenvalue weighted by atomic mass is 9.96. The molecule has 0 bridgehead atoms. The van der Waals surface area contributed by atoms with Crippen molar-refractivity contribution in [2.24, 2.45) is 0 Å². The van der Waals surface area contributed by atoms with E-state index in [0.29, 0.717) is 10.6 Å². The van der Waals surface area contributed by atoms with E-state index in [2.05, 4.69) is 5.32 Å². The van der Waals surface area contributed by atoms with Crippen LogP contribution in [-0.4, -0.2) is 19.0 Å². The van der Waals surface area contributed by atoms with Gasteiger partial charge in [-0.15, -0.1) is 11.3 Å². The SMILES string of the molecule is COC(=O)c1c(NC(=O)/C=C\c2ccc(F)cc2)sc2c1CCCCCC2. The number of nitrogens with one attached hydrogen (secondary N) is 1. The average Bonchev–Trinajstić information content (AvgIpc) is 2.96. The van der Waals surface area contributed by atoms with Crippen molar-refractivity contribution in [3.8, 4) is 0 Å². The Bertz CT molecular complexity index is 855. The Balaban J connectivity index is 1.82. The zero-order valence-electron chi connectivity index (χ0n) is 15.2. The summed E-state index contributed by atoms with van der Waals surface area (Å²) in [6.45, 7) is 0. The first-order chi connectivity index (χ1) is 13.1. The summed E-state index contributed by atoms with van der Waals surface area (Å²) in [7, 11) is 1.36. The Morgan fingerprint density at radius 2 is 1.81 bits per heavy atom. The number of aryl methyl sites for hydroxylation is 1. The van der Waals surface area contributed by atoms with Gasteiger partial charge in [-0.3, -0.25) is 4.79 Å². The number of fused-ring (bicyclic) bond motifs is 1. The lowest BCUT2D eigenvalue weighted by Crippen LogP contribution is -2.12. The number of carbonyl (C=O) groups excluding carboxylic acids is 2. The zero-order chi connectivity index (χ0) is 19.2. The number of rotatable bonds is 4. The molecule has 1 aliphatic carbocycles. The van der Waals surface area contributed by atoms with Crippen molar-refractivity contribution < 1.29 is 18.7 Å². The van der Waals surface area contributed by atoms with Crippen LogP contribution in [0.5, 0.6) is 0 Å². The van der Waals surface area contributed by atoms with Crippen LogP contribution in [0.15, 0.2) is 30.3 Å². The van der Waals surface area contributed by atoms with Gasteiger partial charge < -0.3 is 10.1 Å². The van der Waals surface area contributed by atoms with Crippen LogP contribution in [0.4, 0.5) is 9.39 Å². The molecule has 1 aromatic heterocycles. The van der Waals surface area contributed by atoms with Gasteiger partial charge in [-0.1, -0.05) is 25.0 Å². The van der Waals surface area contributed by atoms with E-state index in [4.69, 9.17) is 4.74 Å². The number of hydrogen-bond donors (Lipinski definition) is 1. The molecular weight excluding hydrogens is 365 g/mol. The molecule has 1 heterocycles. The zero-order valence-corrected chi connectivity index (χ0v) is 16.0. The predicted molar refractivity (Wildman–Crippen MR) is 106 cm³/mol. The number of methoxy groups -OCH3 is 1. The first-order valence-electron chi connectivity index (χ1n) is 9.06. The summed E-state index contributed by atoms with van der Waals surface area (Å²) < 4.78 is 17.9. The largest absolute Gasteiger partial charge is 0.465 e. The highest BCUT2D eigenvalue weighted by Crippen LogP contribution is 2.37. The average molecular weight is 387 g/mol. The summed E-state index contributed by atoms with van der Waals surface area (Å²) in [5.74, 6) is -1.07. The van der Waals surface area contributed by atoms with Crippen molar-refractivity contribution in [3.63, 3.8) is 0 Å². The van der Waals surface area contributed by atoms with E-state index in [1.165, 1.54) is 43.1 Å². The quantitative estimate of drug-likeness (QED) is 0.594. The predicted octanol–water partition coefficient (Wildman–Crippen LogP) is 4.98. The molecule has 0 unspecified atom stereocenters. The van der Waals surface area contributed by atoms with Crippen molar-refractivity contribution >= 4 is 34.3 Å². The fraction of sp³-hybridized carbons (Fsp3) is 0.333. The maximum absolute atomic E-state index is 13.0. The van der Waals surface area contributed by atoms with Gasteiger partial charge >= 0.3 is 5.97 Å². The van der Waals surface area contributed by atoms with Gasteiger partial charge in [-0.05, 0) is 55.0 Å². The minimum absolute atomic E-state index is 0.324. The van der Waals surface area contributed by atoms with Crippen molar-refractivity contribution in [1.29, 1.82) is 0 Å². The van der Waals surface area contributed by atoms with Crippen LogP contribution in [-0.2, 0) is 22.4 Å². The summed E-state index contributed by atoms with van der Waals surface area (Å²) in [6, 6.07) is 5.87. The van der Waals surface area contributed by atoms with Crippen molar-refractivity contribution in [2.45, 2.75) is 38.5 Å². The molecule has 142 valence electrons.